The standard InChI is InChI=1S/C23H35F2N3O6S/c1-22(2,3)15-35(31,32)33-14-18(26-21(30)34-23(4,5)6)20(29)28-11-9-27(10-12-28)19-8-7-16(24)13-17(19)25/h7-8,13,18H,9-12,14-15H2,1-6H3,(H,26,30)/t18-/m0/s1. The van der Waals surface area contributed by atoms with E-state index in [2.05, 4.69) is 5.32 Å². The third-order valence-electron chi connectivity index (χ3n) is 4.85. The van der Waals surface area contributed by atoms with Crippen LogP contribution in [0, 0.1) is 17.0 Å². The molecule has 1 aromatic carbocycles. The molecule has 9 nitrogen and oxygen atoms in total. The second-order valence-electron chi connectivity index (χ2n) is 10.7. The smallest absolute Gasteiger partial charge is 0.408 e. The van der Waals surface area contributed by atoms with Gasteiger partial charge in [0.2, 0.25) is 5.91 Å². The van der Waals surface area contributed by atoms with Crippen LogP contribution in [-0.2, 0) is 23.8 Å². The first-order valence-electron chi connectivity index (χ1n) is 11.3. The maximum atomic E-state index is 14.1. The maximum absolute atomic E-state index is 14.1. The molecule has 1 aliphatic rings. The summed E-state index contributed by atoms with van der Waals surface area (Å²) in [6, 6.07) is 1.98. The molecule has 12 heteroatoms. The highest BCUT2D eigenvalue weighted by molar-refractivity contribution is 7.86. The summed E-state index contributed by atoms with van der Waals surface area (Å²) >= 11 is 0. The van der Waals surface area contributed by atoms with Crippen LogP contribution in [0.25, 0.3) is 0 Å². The molecule has 1 aromatic rings. The van der Waals surface area contributed by atoms with Crippen molar-refractivity contribution in [3.63, 3.8) is 0 Å². The van der Waals surface area contributed by atoms with Gasteiger partial charge in [0.1, 0.15) is 23.3 Å². The van der Waals surface area contributed by atoms with Crippen molar-refractivity contribution in [2.75, 3.05) is 43.4 Å². The largest absolute Gasteiger partial charge is 0.444 e. The van der Waals surface area contributed by atoms with E-state index in [-0.39, 0.29) is 37.6 Å². The summed E-state index contributed by atoms with van der Waals surface area (Å²) in [6.45, 7) is 10.5. The summed E-state index contributed by atoms with van der Waals surface area (Å²) in [6.07, 6.45) is -0.889. The van der Waals surface area contributed by atoms with Crippen LogP contribution in [0.5, 0.6) is 0 Å². The van der Waals surface area contributed by atoms with Crippen LogP contribution in [0.15, 0.2) is 18.2 Å². The average molecular weight is 520 g/mol. The number of anilines is 1. The summed E-state index contributed by atoms with van der Waals surface area (Å²) in [7, 11) is -3.97. The molecule has 1 saturated heterocycles. The van der Waals surface area contributed by atoms with E-state index in [0.29, 0.717) is 0 Å². The molecule has 0 aromatic heterocycles. The minimum absolute atomic E-state index is 0.177. The van der Waals surface area contributed by atoms with Crippen molar-refractivity contribution in [3.8, 4) is 0 Å². The molecule has 0 bridgehead atoms. The third kappa shape index (κ3) is 9.60. The van der Waals surface area contributed by atoms with Crippen LogP contribution in [0.4, 0.5) is 19.3 Å². The molecule has 0 unspecified atom stereocenters. The van der Waals surface area contributed by atoms with E-state index in [9.17, 15) is 26.8 Å². The molecule has 2 amide bonds. The fraction of sp³-hybridized carbons (Fsp3) is 0.652. The SMILES string of the molecule is CC(C)(C)CS(=O)(=O)OC[C@H](NC(=O)OC(C)(C)C)C(=O)N1CCN(c2ccc(F)cc2F)CC1. The van der Waals surface area contributed by atoms with Gasteiger partial charge in [-0.15, -0.1) is 0 Å². The number of benzene rings is 1. The zero-order valence-electron chi connectivity index (χ0n) is 21.1. The number of ether oxygens (including phenoxy) is 1. The van der Waals surface area contributed by atoms with Crippen LogP contribution in [0.2, 0.25) is 0 Å². The van der Waals surface area contributed by atoms with Gasteiger partial charge in [0.25, 0.3) is 10.1 Å². The number of nitrogens with one attached hydrogen (secondary N) is 1. The van der Waals surface area contributed by atoms with E-state index in [1.54, 1.807) is 46.4 Å². The van der Waals surface area contributed by atoms with Crippen LogP contribution in [-0.4, -0.2) is 75.5 Å². The van der Waals surface area contributed by atoms with Crippen LogP contribution < -0.4 is 10.2 Å². The normalized spacial score (nSPS) is 16.1. The lowest BCUT2D eigenvalue weighted by Gasteiger charge is -2.37. The van der Waals surface area contributed by atoms with Gasteiger partial charge in [-0.3, -0.25) is 8.98 Å². The molecule has 1 heterocycles. The summed E-state index contributed by atoms with van der Waals surface area (Å²) in [5.74, 6) is -2.21. The fourth-order valence-corrected chi connectivity index (χ4v) is 4.98. The molecule has 1 N–H and O–H groups in total. The maximum Gasteiger partial charge on any atom is 0.408 e. The van der Waals surface area contributed by atoms with Gasteiger partial charge in [0, 0.05) is 32.2 Å². The molecule has 1 fully saturated rings. The van der Waals surface area contributed by atoms with Gasteiger partial charge in [-0.1, -0.05) is 20.8 Å². The number of carbonyl (C=O) groups is 2. The number of halogens is 2. The zero-order chi connectivity index (χ0) is 26.6. The summed E-state index contributed by atoms with van der Waals surface area (Å²) in [5, 5.41) is 2.41. The van der Waals surface area contributed by atoms with E-state index in [0.717, 1.165) is 12.1 Å². The molecule has 1 atom stereocenters. The van der Waals surface area contributed by atoms with Gasteiger partial charge >= 0.3 is 6.09 Å². The second kappa shape index (κ2) is 11.1. The molecular weight excluding hydrogens is 484 g/mol. The van der Waals surface area contributed by atoms with E-state index in [4.69, 9.17) is 8.92 Å². The van der Waals surface area contributed by atoms with Crippen molar-refractivity contribution < 1.29 is 35.7 Å². The molecule has 0 saturated carbocycles. The Kier molecular flexibility index (Phi) is 9.10. The molecule has 2 rings (SSSR count). The topological polar surface area (TPSA) is 105 Å². The Morgan fingerprint density at radius 3 is 2.17 bits per heavy atom. The number of alkyl carbamates (subject to hydrolysis) is 1. The van der Waals surface area contributed by atoms with Crippen LogP contribution in [0.3, 0.4) is 0 Å². The second-order valence-corrected chi connectivity index (χ2v) is 12.3. The first kappa shape index (κ1) is 28.8. The number of hydrogen-bond donors (Lipinski definition) is 1. The minimum atomic E-state index is -3.97. The van der Waals surface area contributed by atoms with Crippen LogP contribution >= 0.6 is 0 Å². The Morgan fingerprint density at radius 2 is 1.66 bits per heavy atom. The Hall–Kier alpha value is -2.47. The fourth-order valence-electron chi connectivity index (χ4n) is 3.49. The van der Waals surface area contributed by atoms with Gasteiger partial charge in [0.05, 0.1) is 18.0 Å². The van der Waals surface area contributed by atoms with Crippen LogP contribution in [0.1, 0.15) is 41.5 Å². The molecular formula is C23H35F2N3O6S. The molecule has 0 aliphatic carbocycles. The van der Waals surface area contributed by atoms with E-state index in [1.165, 1.54) is 11.0 Å². The zero-order valence-corrected chi connectivity index (χ0v) is 21.9. The van der Waals surface area contributed by atoms with E-state index < -0.39 is 57.4 Å². The number of nitrogens with zero attached hydrogens (tertiary/aromatic N) is 2. The Balaban J connectivity index is 2.10. The quantitative estimate of drug-likeness (QED) is 0.553. The Morgan fingerprint density at radius 1 is 1.06 bits per heavy atom. The molecule has 1 aliphatic heterocycles. The number of hydrogen-bond acceptors (Lipinski definition) is 7. The van der Waals surface area contributed by atoms with Gasteiger partial charge < -0.3 is 19.9 Å². The first-order valence-corrected chi connectivity index (χ1v) is 12.9. The number of amides is 2. The highest BCUT2D eigenvalue weighted by Gasteiger charge is 2.33. The van der Waals surface area contributed by atoms with E-state index >= 15 is 0 Å². The summed E-state index contributed by atoms with van der Waals surface area (Å²) in [5.41, 5.74) is -1.18. The van der Waals surface area contributed by atoms with Gasteiger partial charge in [-0.2, -0.15) is 8.42 Å². The van der Waals surface area contributed by atoms with Gasteiger partial charge in [-0.25, -0.2) is 13.6 Å². The van der Waals surface area contributed by atoms with Gasteiger partial charge in [-0.05, 0) is 38.3 Å². The molecule has 35 heavy (non-hydrogen) atoms. The molecule has 0 radical (unpaired) electrons. The summed E-state index contributed by atoms with van der Waals surface area (Å²) < 4.78 is 62.4. The van der Waals surface area contributed by atoms with Crippen molar-refractivity contribution >= 4 is 27.8 Å². The number of carbonyl (C=O) groups excluding carboxylic acids is 2. The lowest BCUT2D eigenvalue weighted by Crippen LogP contribution is -2.57. The van der Waals surface area contributed by atoms with Crippen molar-refractivity contribution in [1.82, 2.24) is 10.2 Å². The van der Waals surface area contributed by atoms with Crippen molar-refractivity contribution in [3.05, 3.63) is 29.8 Å². The average Bonchev–Trinajstić information content (AvgIpc) is 2.67. The lowest BCUT2D eigenvalue weighted by molar-refractivity contribution is -0.134. The van der Waals surface area contributed by atoms with Crippen molar-refractivity contribution in [2.24, 2.45) is 5.41 Å². The molecule has 0 spiro atoms. The Bertz CT molecular complexity index is 1010. The monoisotopic (exact) mass is 519 g/mol. The van der Waals surface area contributed by atoms with E-state index in [1.807, 2.05) is 0 Å². The highest BCUT2D eigenvalue weighted by Crippen LogP contribution is 2.22. The minimum Gasteiger partial charge on any atom is -0.444 e. The Labute approximate surface area is 205 Å². The third-order valence-corrected chi connectivity index (χ3v) is 6.57. The summed E-state index contributed by atoms with van der Waals surface area (Å²) in [4.78, 5) is 28.6. The highest BCUT2D eigenvalue weighted by atomic mass is 32.2. The predicted molar refractivity (Wildman–Crippen MR) is 128 cm³/mol. The van der Waals surface area contributed by atoms with Gasteiger partial charge in [0.15, 0.2) is 0 Å². The number of rotatable bonds is 7. The predicted octanol–water partition coefficient (Wildman–Crippen LogP) is 2.90. The van der Waals surface area contributed by atoms with Crippen molar-refractivity contribution in [2.45, 2.75) is 53.2 Å². The van der Waals surface area contributed by atoms with Crippen molar-refractivity contribution in [1.29, 1.82) is 0 Å². The number of piperazine rings is 1. The first-order chi connectivity index (χ1) is 16.0. The molecule has 198 valence electrons. The lowest BCUT2D eigenvalue weighted by atomic mass is 10.0.